The van der Waals surface area contributed by atoms with Gasteiger partial charge in [-0.25, -0.2) is 4.79 Å². The quantitative estimate of drug-likeness (QED) is 0.883. The largest absolute Gasteiger partial charge is 0.480 e. The number of amides is 2. The van der Waals surface area contributed by atoms with E-state index in [2.05, 4.69) is 5.32 Å². The van der Waals surface area contributed by atoms with Crippen LogP contribution in [-0.4, -0.2) is 35.0 Å². The molecule has 1 heterocycles. The molecule has 0 aromatic heterocycles. The van der Waals surface area contributed by atoms with Crippen LogP contribution in [0.15, 0.2) is 30.3 Å². The van der Waals surface area contributed by atoms with Crippen LogP contribution >= 0.6 is 0 Å². The van der Waals surface area contributed by atoms with Crippen LogP contribution < -0.4 is 10.2 Å². The molecule has 2 N–H and O–H groups in total. The zero-order valence-electron chi connectivity index (χ0n) is 13.5. The van der Waals surface area contributed by atoms with Crippen molar-refractivity contribution < 1.29 is 19.5 Å². The summed E-state index contributed by atoms with van der Waals surface area (Å²) in [4.78, 5) is 38.1. The number of carboxylic acids is 1. The minimum Gasteiger partial charge on any atom is -0.480 e. The Labute approximate surface area is 140 Å². The normalized spacial score (nSPS) is 23.1. The van der Waals surface area contributed by atoms with Gasteiger partial charge in [-0.1, -0.05) is 37.5 Å². The summed E-state index contributed by atoms with van der Waals surface area (Å²) in [6, 6.07) is 9.22. The molecule has 6 heteroatoms. The Kier molecular flexibility index (Phi) is 4.55. The van der Waals surface area contributed by atoms with E-state index in [9.17, 15) is 19.5 Å². The van der Waals surface area contributed by atoms with E-state index in [1.807, 2.05) is 30.3 Å². The predicted octanol–water partition coefficient (Wildman–Crippen LogP) is 1.94. The first kappa shape index (κ1) is 16.5. The Bertz CT molecular complexity index is 638. The maximum absolute atomic E-state index is 12.6. The van der Waals surface area contributed by atoms with Crippen molar-refractivity contribution in [2.45, 2.75) is 44.1 Å². The lowest BCUT2D eigenvalue weighted by Crippen LogP contribution is -2.57. The van der Waals surface area contributed by atoms with Crippen LogP contribution in [0.2, 0.25) is 0 Å². The summed E-state index contributed by atoms with van der Waals surface area (Å²) in [5.41, 5.74) is -0.401. The van der Waals surface area contributed by atoms with Gasteiger partial charge in [0.05, 0.1) is 5.92 Å². The summed E-state index contributed by atoms with van der Waals surface area (Å²) in [6.07, 6.45) is 3.62. The van der Waals surface area contributed by atoms with Crippen molar-refractivity contribution in [2.24, 2.45) is 5.92 Å². The summed E-state index contributed by atoms with van der Waals surface area (Å²) < 4.78 is 0. The lowest BCUT2D eigenvalue weighted by molar-refractivity contribution is -0.149. The molecular formula is C18H22N2O4. The molecular weight excluding hydrogens is 308 g/mol. The first-order chi connectivity index (χ1) is 11.5. The lowest BCUT2D eigenvalue weighted by Gasteiger charge is -2.34. The average molecular weight is 330 g/mol. The number of hydrogen-bond acceptors (Lipinski definition) is 3. The molecule has 1 atom stereocenters. The SMILES string of the molecule is O=C(NC1(C(=O)O)CCCCC1)[C@H]1CC(=O)N(c2ccccc2)C1. The van der Waals surface area contributed by atoms with E-state index < -0.39 is 17.4 Å². The maximum atomic E-state index is 12.6. The summed E-state index contributed by atoms with van der Waals surface area (Å²) >= 11 is 0. The molecule has 1 aliphatic carbocycles. The number of carbonyl (C=O) groups is 3. The molecule has 6 nitrogen and oxygen atoms in total. The van der Waals surface area contributed by atoms with Gasteiger partial charge in [0.15, 0.2) is 0 Å². The topological polar surface area (TPSA) is 86.7 Å². The summed E-state index contributed by atoms with van der Waals surface area (Å²) in [5.74, 6) is -1.91. The fraction of sp³-hybridized carbons (Fsp3) is 0.500. The van der Waals surface area contributed by atoms with Crippen LogP contribution in [0.3, 0.4) is 0 Å². The van der Waals surface area contributed by atoms with E-state index in [1.165, 1.54) is 0 Å². The van der Waals surface area contributed by atoms with Gasteiger partial charge < -0.3 is 15.3 Å². The van der Waals surface area contributed by atoms with Gasteiger partial charge in [-0.15, -0.1) is 0 Å². The van der Waals surface area contributed by atoms with Gasteiger partial charge in [-0.05, 0) is 25.0 Å². The second-order valence-electron chi connectivity index (χ2n) is 6.68. The molecule has 1 aliphatic heterocycles. The average Bonchev–Trinajstić information content (AvgIpc) is 2.98. The second-order valence-corrected chi connectivity index (χ2v) is 6.68. The number of carboxylic acid groups (broad SMARTS) is 1. The molecule has 1 aromatic carbocycles. The number of carbonyl (C=O) groups excluding carboxylic acids is 2. The molecule has 0 bridgehead atoms. The minimum atomic E-state index is -1.17. The third-order valence-electron chi connectivity index (χ3n) is 5.04. The van der Waals surface area contributed by atoms with E-state index in [4.69, 9.17) is 0 Å². The smallest absolute Gasteiger partial charge is 0.329 e. The summed E-state index contributed by atoms with van der Waals surface area (Å²) in [7, 11) is 0. The van der Waals surface area contributed by atoms with E-state index in [1.54, 1.807) is 4.90 Å². The molecule has 2 amide bonds. The van der Waals surface area contributed by atoms with Crippen molar-refractivity contribution in [3.05, 3.63) is 30.3 Å². The van der Waals surface area contributed by atoms with Gasteiger partial charge in [0.25, 0.3) is 0 Å². The zero-order chi connectivity index (χ0) is 17.2. The number of benzene rings is 1. The van der Waals surface area contributed by atoms with Crippen molar-refractivity contribution in [3.63, 3.8) is 0 Å². The molecule has 1 saturated heterocycles. The molecule has 0 spiro atoms. The van der Waals surface area contributed by atoms with Crippen LogP contribution in [0.4, 0.5) is 5.69 Å². The zero-order valence-corrected chi connectivity index (χ0v) is 13.5. The van der Waals surface area contributed by atoms with Crippen LogP contribution in [0.5, 0.6) is 0 Å². The molecule has 0 unspecified atom stereocenters. The van der Waals surface area contributed by atoms with Crippen molar-refractivity contribution in [1.29, 1.82) is 0 Å². The number of nitrogens with zero attached hydrogens (tertiary/aromatic N) is 1. The van der Waals surface area contributed by atoms with Crippen molar-refractivity contribution >= 4 is 23.5 Å². The van der Waals surface area contributed by atoms with E-state index in [-0.39, 0.29) is 18.2 Å². The highest BCUT2D eigenvalue weighted by Gasteiger charge is 2.44. The van der Waals surface area contributed by atoms with Gasteiger partial charge >= 0.3 is 5.97 Å². The maximum Gasteiger partial charge on any atom is 0.329 e. The second kappa shape index (κ2) is 6.63. The van der Waals surface area contributed by atoms with Crippen molar-refractivity contribution in [2.75, 3.05) is 11.4 Å². The van der Waals surface area contributed by atoms with Crippen LogP contribution in [-0.2, 0) is 14.4 Å². The number of aliphatic carboxylic acids is 1. The first-order valence-corrected chi connectivity index (χ1v) is 8.43. The van der Waals surface area contributed by atoms with Crippen LogP contribution in [0.25, 0.3) is 0 Å². The molecule has 1 saturated carbocycles. The third kappa shape index (κ3) is 3.13. The Morgan fingerprint density at radius 2 is 1.79 bits per heavy atom. The molecule has 0 radical (unpaired) electrons. The fourth-order valence-corrected chi connectivity index (χ4v) is 3.63. The molecule has 3 rings (SSSR count). The third-order valence-corrected chi connectivity index (χ3v) is 5.04. The van der Waals surface area contributed by atoms with Crippen molar-refractivity contribution in [1.82, 2.24) is 5.32 Å². The minimum absolute atomic E-state index is 0.102. The number of rotatable bonds is 4. The molecule has 128 valence electrons. The molecule has 24 heavy (non-hydrogen) atoms. The summed E-state index contributed by atoms with van der Waals surface area (Å²) in [5, 5.41) is 12.3. The van der Waals surface area contributed by atoms with Gasteiger partial charge in [0.2, 0.25) is 11.8 Å². The molecule has 1 aromatic rings. The first-order valence-electron chi connectivity index (χ1n) is 8.43. The van der Waals surface area contributed by atoms with Crippen LogP contribution in [0.1, 0.15) is 38.5 Å². The Morgan fingerprint density at radius 1 is 1.12 bits per heavy atom. The monoisotopic (exact) mass is 330 g/mol. The number of hydrogen-bond donors (Lipinski definition) is 2. The van der Waals surface area contributed by atoms with Gasteiger partial charge in [-0.3, -0.25) is 9.59 Å². The van der Waals surface area contributed by atoms with Gasteiger partial charge in [-0.2, -0.15) is 0 Å². The Balaban J connectivity index is 1.70. The Hall–Kier alpha value is -2.37. The highest BCUT2D eigenvalue weighted by atomic mass is 16.4. The predicted molar refractivity (Wildman–Crippen MR) is 88.5 cm³/mol. The Morgan fingerprint density at radius 3 is 2.42 bits per heavy atom. The van der Waals surface area contributed by atoms with E-state index >= 15 is 0 Å². The van der Waals surface area contributed by atoms with Crippen molar-refractivity contribution in [3.8, 4) is 0 Å². The van der Waals surface area contributed by atoms with Gasteiger partial charge in [0, 0.05) is 18.7 Å². The standard InChI is InChI=1S/C18H22N2O4/c21-15-11-13(12-20(15)14-7-3-1-4-8-14)16(22)19-18(17(23)24)9-5-2-6-10-18/h1,3-4,7-8,13H,2,5-6,9-12H2,(H,19,22)(H,23,24)/t13-/m0/s1. The number of nitrogens with one attached hydrogen (secondary N) is 1. The summed E-state index contributed by atoms with van der Waals surface area (Å²) in [6.45, 7) is 0.296. The van der Waals surface area contributed by atoms with Crippen LogP contribution in [0, 0.1) is 5.92 Å². The molecule has 2 aliphatic rings. The fourth-order valence-electron chi connectivity index (χ4n) is 3.63. The lowest BCUT2D eigenvalue weighted by atomic mass is 9.81. The number of anilines is 1. The van der Waals surface area contributed by atoms with Gasteiger partial charge in [0.1, 0.15) is 5.54 Å². The highest BCUT2D eigenvalue weighted by molar-refractivity contribution is 6.01. The number of para-hydroxylation sites is 1. The highest BCUT2D eigenvalue weighted by Crippen LogP contribution is 2.30. The van der Waals surface area contributed by atoms with E-state index in [0.717, 1.165) is 24.9 Å². The molecule has 2 fully saturated rings. The van der Waals surface area contributed by atoms with E-state index in [0.29, 0.717) is 19.4 Å².